The molecule has 0 aromatic heterocycles. The summed E-state index contributed by atoms with van der Waals surface area (Å²) >= 11 is 0. The summed E-state index contributed by atoms with van der Waals surface area (Å²) in [7, 11) is 0. The number of carbonyl (C=O) groups is 1. The normalized spacial score (nSPS) is 23.1. The van der Waals surface area contributed by atoms with Crippen LogP contribution in [-0.4, -0.2) is 48.4 Å². The van der Waals surface area contributed by atoms with E-state index in [-0.39, 0.29) is 11.7 Å². The second-order valence-corrected chi connectivity index (χ2v) is 8.36. The Morgan fingerprint density at radius 1 is 0.964 bits per heavy atom. The van der Waals surface area contributed by atoms with Crippen molar-refractivity contribution in [2.75, 3.05) is 32.7 Å². The molecule has 28 heavy (non-hydrogen) atoms. The number of amides is 1. The lowest BCUT2D eigenvalue weighted by Gasteiger charge is -2.31. The van der Waals surface area contributed by atoms with E-state index >= 15 is 0 Å². The molecule has 0 saturated carbocycles. The van der Waals surface area contributed by atoms with Crippen LogP contribution in [0.1, 0.15) is 46.7 Å². The molecule has 2 aliphatic heterocycles. The fourth-order valence-corrected chi connectivity index (χ4v) is 4.66. The maximum Gasteiger partial charge on any atom is 0.253 e. The predicted molar refractivity (Wildman–Crippen MR) is 110 cm³/mol. The van der Waals surface area contributed by atoms with Crippen molar-refractivity contribution in [1.82, 2.24) is 9.80 Å². The van der Waals surface area contributed by atoms with Gasteiger partial charge in [-0.1, -0.05) is 36.2 Å². The first-order valence-electron chi connectivity index (χ1n) is 10.4. The molecule has 2 aliphatic rings. The van der Waals surface area contributed by atoms with Crippen LogP contribution in [0.25, 0.3) is 0 Å². The van der Waals surface area contributed by atoms with Gasteiger partial charge in [-0.15, -0.1) is 0 Å². The highest BCUT2D eigenvalue weighted by Crippen LogP contribution is 2.34. The van der Waals surface area contributed by atoms with E-state index in [2.05, 4.69) is 36.1 Å². The zero-order chi connectivity index (χ0) is 19.5. The second-order valence-electron chi connectivity index (χ2n) is 8.36. The van der Waals surface area contributed by atoms with E-state index in [4.69, 9.17) is 0 Å². The van der Waals surface area contributed by atoms with Crippen LogP contribution in [0, 0.1) is 18.7 Å². The molecule has 2 aromatic carbocycles. The largest absolute Gasteiger partial charge is 0.338 e. The number of piperidine rings is 1. The lowest BCUT2D eigenvalue weighted by Crippen LogP contribution is -2.36. The van der Waals surface area contributed by atoms with Crippen molar-refractivity contribution in [2.45, 2.75) is 32.1 Å². The topological polar surface area (TPSA) is 23.6 Å². The number of hydrogen-bond acceptors (Lipinski definition) is 2. The Bertz CT molecular complexity index is 796. The number of likely N-dealkylation sites (tertiary alicyclic amines) is 2. The van der Waals surface area contributed by atoms with E-state index < -0.39 is 0 Å². The molecular weight excluding hydrogens is 351 g/mol. The summed E-state index contributed by atoms with van der Waals surface area (Å²) in [5.41, 5.74) is 3.15. The number of carbonyl (C=O) groups excluding carboxylic acids is 1. The lowest BCUT2D eigenvalue weighted by molar-refractivity contribution is 0.0781. The summed E-state index contributed by atoms with van der Waals surface area (Å²) in [4.78, 5) is 17.6. The van der Waals surface area contributed by atoms with Crippen molar-refractivity contribution in [3.05, 3.63) is 71.0 Å². The van der Waals surface area contributed by atoms with Crippen molar-refractivity contribution in [3.8, 4) is 0 Å². The van der Waals surface area contributed by atoms with Gasteiger partial charge in [0.25, 0.3) is 5.91 Å². The van der Waals surface area contributed by atoms with Crippen LogP contribution >= 0.6 is 0 Å². The van der Waals surface area contributed by atoms with Gasteiger partial charge in [-0.2, -0.15) is 0 Å². The third-order valence-electron chi connectivity index (χ3n) is 6.27. The first kappa shape index (κ1) is 19.1. The van der Waals surface area contributed by atoms with Crippen molar-refractivity contribution < 1.29 is 9.18 Å². The molecule has 0 radical (unpaired) electrons. The maximum atomic E-state index is 13.2. The third-order valence-corrected chi connectivity index (χ3v) is 6.27. The fourth-order valence-electron chi connectivity index (χ4n) is 4.66. The minimum atomic E-state index is -0.307. The minimum Gasteiger partial charge on any atom is -0.338 e. The Morgan fingerprint density at radius 3 is 2.32 bits per heavy atom. The number of rotatable bonds is 4. The Labute approximate surface area is 167 Å². The van der Waals surface area contributed by atoms with E-state index in [1.54, 1.807) is 12.1 Å². The molecule has 2 heterocycles. The first-order chi connectivity index (χ1) is 13.6. The molecule has 2 fully saturated rings. The molecule has 2 saturated heterocycles. The van der Waals surface area contributed by atoms with Crippen molar-refractivity contribution in [3.63, 3.8) is 0 Å². The van der Waals surface area contributed by atoms with Crippen LogP contribution in [0.15, 0.2) is 48.5 Å². The molecule has 0 aliphatic carbocycles. The van der Waals surface area contributed by atoms with Crippen LogP contribution in [0.3, 0.4) is 0 Å². The van der Waals surface area contributed by atoms with Gasteiger partial charge in [0.1, 0.15) is 5.82 Å². The van der Waals surface area contributed by atoms with Crippen LogP contribution in [0.4, 0.5) is 4.39 Å². The van der Waals surface area contributed by atoms with Gasteiger partial charge < -0.3 is 9.80 Å². The monoisotopic (exact) mass is 380 g/mol. The quantitative estimate of drug-likeness (QED) is 0.781. The van der Waals surface area contributed by atoms with Gasteiger partial charge in [0.05, 0.1) is 0 Å². The summed E-state index contributed by atoms with van der Waals surface area (Å²) in [5.74, 6) is 0.494. The average Bonchev–Trinajstić information content (AvgIpc) is 3.13. The molecule has 2 aromatic rings. The summed E-state index contributed by atoms with van der Waals surface area (Å²) in [6.45, 7) is 6.99. The lowest BCUT2D eigenvalue weighted by atomic mass is 9.88. The molecule has 148 valence electrons. The molecular formula is C24H29FN2O. The minimum absolute atomic E-state index is 0.0123. The Kier molecular flexibility index (Phi) is 5.77. The van der Waals surface area contributed by atoms with Gasteiger partial charge in [0.2, 0.25) is 0 Å². The van der Waals surface area contributed by atoms with Crippen molar-refractivity contribution >= 4 is 5.91 Å². The average molecular weight is 381 g/mol. The summed E-state index contributed by atoms with van der Waals surface area (Å²) < 4.78 is 13.2. The Balaban J connectivity index is 1.54. The molecule has 0 unspecified atom stereocenters. The molecule has 1 amide bonds. The van der Waals surface area contributed by atoms with Crippen molar-refractivity contribution in [2.24, 2.45) is 5.92 Å². The standard InChI is InChI=1S/C24H29FN2O/c1-18-5-7-19(8-6-18)23-17-27(24(28)20-9-11-22(25)12-10-20)16-21(23)15-26-13-3-2-4-14-26/h5-12,21,23H,2-4,13-17H2,1H3/t21-,23-/m1/s1. The summed E-state index contributed by atoms with van der Waals surface area (Å²) in [6, 6.07) is 14.7. The number of halogens is 1. The zero-order valence-electron chi connectivity index (χ0n) is 16.6. The van der Waals surface area contributed by atoms with Gasteiger partial charge in [-0.25, -0.2) is 4.39 Å². The SMILES string of the molecule is Cc1ccc([C@H]2CN(C(=O)c3ccc(F)cc3)C[C@H]2CN2CCCCC2)cc1. The summed E-state index contributed by atoms with van der Waals surface area (Å²) in [5, 5.41) is 0. The molecule has 3 nitrogen and oxygen atoms in total. The van der Waals surface area contributed by atoms with Crippen LogP contribution in [-0.2, 0) is 0 Å². The predicted octanol–water partition coefficient (Wildman–Crippen LogP) is 4.48. The summed E-state index contributed by atoms with van der Waals surface area (Å²) in [6.07, 6.45) is 3.89. The van der Waals surface area contributed by atoms with Gasteiger partial charge in [0, 0.05) is 31.1 Å². The highest BCUT2D eigenvalue weighted by molar-refractivity contribution is 5.94. The van der Waals surface area contributed by atoms with Crippen LogP contribution in [0.2, 0.25) is 0 Å². The third kappa shape index (κ3) is 4.27. The Morgan fingerprint density at radius 2 is 1.64 bits per heavy atom. The number of nitrogens with zero attached hydrogens (tertiary/aromatic N) is 2. The Hall–Kier alpha value is -2.20. The van der Waals surface area contributed by atoms with Crippen LogP contribution in [0.5, 0.6) is 0 Å². The highest BCUT2D eigenvalue weighted by atomic mass is 19.1. The van der Waals surface area contributed by atoms with E-state index in [0.29, 0.717) is 17.4 Å². The first-order valence-corrected chi connectivity index (χ1v) is 10.4. The smallest absolute Gasteiger partial charge is 0.253 e. The molecule has 0 N–H and O–H groups in total. The number of aryl methyl sites for hydroxylation is 1. The zero-order valence-corrected chi connectivity index (χ0v) is 16.6. The molecule has 4 rings (SSSR count). The maximum absolute atomic E-state index is 13.2. The molecule has 2 atom stereocenters. The van der Waals surface area contributed by atoms with Gasteiger partial charge >= 0.3 is 0 Å². The molecule has 4 heteroatoms. The highest BCUT2D eigenvalue weighted by Gasteiger charge is 2.37. The van der Waals surface area contributed by atoms with Gasteiger partial charge in [0.15, 0.2) is 0 Å². The molecule has 0 bridgehead atoms. The van der Waals surface area contributed by atoms with E-state index in [9.17, 15) is 9.18 Å². The van der Waals surface area contributed by atoms with Gasteiger partial charge in [-0.3, -0.25) is 4.79 Å². The molecule has 0 spiro atoms. The van der Waals surface area contributed by atoms with Crippen molar-refractivity contribution in [1.29, 1.82) is 0 Å². The van der Waals surface area contributed by atoms with E-state index in [1.807, 2.05) is 4.90 Å². The van der Waals surface area contributed by atoms with Crippen LogP contribution < -0.4 is 0 Å². The second kappa shape index (κ2) is 8.44. The number of benzene rings is 2. The number of hydrogen-bond donors (Lipinski definition) is 0. The fraction of sp³-hybridized carbons (Fsp3) is 0.458. The van der Waals surface area contributed by atoms with E-state index in [1.165, 1.54) is 55.6 Å². The van der Waals surface area contributed by atoms with Gasteiger partial charge in [-0.05, 0) is 68.6 Å². The van der Waals surface area contributed by atoms with E-state index in [0.717, 1.165) is 19.6 Å².